The van der Waals surface area contributed by atoms with Crippen LogP contribution < -0.4 is 0 Å². The second-order valence-corrected chi connectivity index (χ2v) is 6.62. The van der Waals surface area contributed by atoms with Crippen molar-refractivity contribution in [3.8, 4) is 16.9 Å². The third-order valence-corrected chi connectivity index (χ3v) is 4.91. The first-order valence-electron chi connectivity index (χ1n) is 8.78. The monoisotopic (exact) mass is 358 g/mol. The minimum absolute atomic E-state index is 0.00845. The molecule has 0 aliphatic carbocycles. The highest BCUT2D eigenvalue weighted by Crippen LogP contribution is 2.33. The molecule has 1 aliphatic heterocycles. The molecule has 134 valence electrons. The summed E-state index contributed by atoms with van der Waals surface area (Å²) in [5.74, 6) is -0.161. The van der Waals surface area contributed by atoms with Crippen LogP contribution in [0.2, 0.25) is 0 Å². The quantitative estimate of drug-likeness (QED) is 0.693. The van der Waals surface area contributed by atoms with Gasteiger partial charge in [-0.25, -0.2) is 0 Å². The standard InChI is InChI=1S/C22H18N2O3/c25-21-13-17-9-10-24(14-19(17)12-20(21)23-27)22(26)18-8-4-7-16(11-18)15-5-2-1-3-6-15/h1-8,11-13,25H,9-10,14H2. The number of hydrogen-bond donors (Lipinski definition) is 1. The highest BCUT2D eigenvalue weighted by molar-refractivity contribution is 5.95. The fourth-order valence-electron chi connectivity index (χ4n) is 3.47. The topological polar surface area (TPSA) is 70.0 Å². The number of phenols is 1. The molecule has 0 spiro atoms. The molecule has 0 bridgehead atoms. The molecule has 0 atom stereocenters. The molecule has 0 radical (unpaired) electrons. The van der Waals surface area contributed by atoms with Gasteiger partial charge in [-0.05, 0) is 58.1 Å². The maximum absolute atomic E-state index is 13.0. The zero-order valence-electron chi connectivity index (χ0n) is 14.6. The molecule has 0 saturated carbocycles. The van der Waals surface area contributed by atoms with E-state index in [-0.39, 0.29) is 17.3 Å². The first-order valence-corrected chi connectivity index (χ1v) is 8.78. The van der Waals surface area contributed by atoms with Gasteiger partial charge in [-0.2, -0.15) is 0 Å². The Labute approximate surface area is 156 Å². The molecule has 0 aromatic heterocycles. The molecule has 3 aromatic rings. The van der Waals surface area contributed by atoms with Crippen LogP contribution in [0, 0.1) is 4.91 Å². The molecule has 0 saturated heterocycles. The fourth-order valence-corrected chi connectivity index (χ4v) is 3.47. The van der Waals surface area contributed by atoms with Crippen molar-refractivity contribution in [1.82, 2.24) is 4.90 Å². The molecule has 5 nitrogen and oxygen atoms in total. The van der Waals surface area contributed by atoms with Gasteiger partial charge in [-0.15, -0.1) is 4.91 Å². The van der Waals surface area contributed by atoms with Crippen LogP contribution in [0.3, 0.4) is 0 Å². The van der Waals surface area contributed by atoms with Crippen LogP contribution in [0.15, 0.2) is 71.9 Å². The largest absolute Gasteiger partial charge is 0.506 e. The number of carbonyl (C=O) groups is 1. The predicted molar refractivity (Wildman–Crippen MR) is 104 cm³/mol. The maximum Gasteiger partial charge on any atom is 0.254 e. The number of phenolic OH excluding ortho intramolecular Hbond substituents is 1. The van der Waals surface area contributed by atoms with Gasteiger partial charge in [0.2, 0.25) is 0 Å². The molecule has 27 heavy (non-hydrogen) atoms. The molecule has 1 N–H and O–H groups in total. The average Bonchev–Trinajstić information content (AvgIpc) is 2.73. The van der Waals surface area contributed by atoms with Crippen LogP contribution >= 0.6 is 0 Å². The number of nitroso groups, excluding NO2 is 1. The second kappa shape index (κ2) is 7.03. The van der Waals surface area contributed by atoms with E-state index in [4.69, 9.17) is 0 Å². The molecule has 0 fully saturated rings. The maximum atomic E-state index is 13.0. The highest BCUT2D eigenvalue weighted by Gasteiger charge is 2.23. The number of nitrogens with zero attached hydrogens (tertiary/aromatic N) is 2. The smallest absolute Gasteiger partial charge is 0.254 e. The van der Waals surface area contributed by atoms with E-state index in [0.29, 0.717) is 25.1 Å². The molecule has 0 unspecified atom stereocenters. The summed E-state index contributed by atoms with van der Waals surface area (Å²) in [5, 5.41) is 12.6. The summed E-state index contributed by atoms with van der Waals surface area (Å²) in [7, 11) is 0. The molecule has 1 aliphatic rings. The van der Waals surface area contributed by atoms with Crippen molar-refractivity contribution in [2.24, 2.45) is 5.18 Å². The van der Waals surface area contributed by atoms with Gasteiger partial charge in [-0.3, -0.25) is 4.79 Å². The third-order valence-electron chi connectivity index (χ3n) is 4.91. The van der Waals surface area contributed by atoms with Crippen molar-refractivity contribution < 1.29 is 9.90 Å². The van der Waals surface area contributed by atoms with Crippen LogP contribution in [0.4, 0.5) is 5.69 Å². The van der Waals surface area contributed by atoms with Gasteiger partial charge in [0.25, 0.3) is 5.91 Å². The number of benzene rings is 3. The van der Waals surface area contributed by atoms with Crippen molar-refractivity contribution in [2.45, 2.75) is 13.0 Å². The van der Waals surface area contributed by atoms with Crippen LogP contribution in [0.25, 0.3) is 11.1 Å². The van der Waals surface area contributed by atoms with E-state index in [1.54, 1.807) is 17.0 Å². The number of amides is 1. The van der Waals surface area contributed by atoms with Crippen molar-refractivity contribution in [2.75, 3.05) is 6.54 Å². The van der Waals surface area contributed by atoms with Gasteiger partial charge in [0.1, 0.15) is 11.4 Å². The summed E-state index contributed by atoms with van der Waals surface area (Å²) in [6.07, 6.45) is 0.631. The minimum atomic E-state index is -0.112. The Hall–Kier alpha value is -3.47. The fraction of sp³-hybridized carbons (Fsp3) is 0.136. The summed E-state index contributed by atoms with van der Waals surface area (Å²) in [5.41, 5.74) is 4.49. The third kappa shape index (κ3) is 3.31. The van der Waals surface area contributed by atoms with Gasteiger partial charge in [0, 0.05) is 18.7 Å². The van der Waals surface area contributed by atoms with Gasteiger partial charge < -0.3 is 10.0 Å². The van der Waals surface area contributed by atoms with Gasteiger partial charge in [-0.1, -0.05) is 42.5 Å². The lowest BCUT2D eigenvalue weighted by Gasteiger charge is -2.29. The zero-order valence-corrected chi connectivity index (χ0v) is 14.6. The zero-order chi connectivity index (χ0) is 18.8. The van der Waals surface area contributed by atoms with Gasteiger partial charge >= 0.3 is 0 Å². The highest BCUT2D eigenvalue weighted by atomic mass is 16.3. The lowest BCUT2D eigenvalue weighted by atomic mass is 9.97. The number of rotatable bonds is 3. The number of fused-ring (bicyclic) bond motifs is 1. The van der Waals surface area contributed by atoms with Crippen LogP contribution in [-0.2, 0) is 13.0 Å². The molecule has 1 heterocycles. The van der Waals surface area contributed by atoms with Crippen LogP contribution in [-0.4, -0.2) is 22.5 Å². The Morgan fingerprint density at radius 2 is 1.70 bits per heavy atom. The molecule has 4 rings (SSSR count). The minimum Gasteiger partial charge on any atom is -0.506 e. The normalized spacial score (nSPS) is 13.1. The van der Waals surface area contributed by atoms with E-state index in [1.165, 1.54) is 0 Å². The Bertz CT molecular complexity index is 1020. The van der Waals surface area contributed by atoms with Crippen molar-refractivity contribution in [3.63, 3.8) is 0 Å². The van der Waals surface area contributed by atoms with Crippen LogP contribution in [0.5, 0.6) is 5.75 Å². The van der Waals surface area contributed by atoms with Crippen molar-refractivity contribution in [3.05, 3.63) is 88.3 Å². The van der Waals surface area contributed by atoms with E-state index < -0.39 is 0 Å². The summed E-state index contributed by atoms with van der Waals surface area (Å²) in [6.45, 7) is 0.960. The Balaban J connectivity index is 1.60. The van der Waals surface area contributed by atoms with E-state index in [1.807, 2.05) is 54.6 Å². The molecule has 1 amide bonds. The SMILES string of the molecule is O=Nc1cc2c(cc1O)CCN(C(=O)c1cccc(-c3ccccc3)c1)C2. The molecule has 3 aromatic carbocycles. The Kier molecular flexibility index (Phi) is 4.42. The molecular formula is C22H18N2O3. The average molecular weight is 358 g/mol. The summed E-state index contributed by atoms with van der Waals surface area (Å²) >= 11 is 0. The van der Waals surface area contributed by atoms with Gasteiger partial charge in [0.15, 0.2) is 0 Å². The second-order valence-electron chi connectivity index (χ2n) is 6.62. The van der Waals surface area contributed by atoms with E-state index >= 15 is 0 Å². The first-order chi connectivity index (χ1) is 13.2. The van der Waals surface area contributed by atoms with E-state index in [0.717, 1.165) is 22.3 Å². The Morgan fingerprint density at radius 1 is 0.926 bits per heavy atom. The number of carbonyl (C=O) groups excluding carboxylic acids is 1. The van der Waals surface area contributed by atoms with E-state index in [2.05, 4.69) is 5.18 Å². The van der Waals surface area contributed by atoms with Crippen molar-refractivity contribution in [1.29, 1.82) is 0 Å². The van der Waals surface area contributed by atoms with E-state index in [9.17, 15) is 14.8 Å². The van der Waals surface area contributed by atoms with Crippen LogP contribution in [0.1, 0.15) is 21.5 Å². The summed E-state index contributed by atoms with van der Waals surface area (Å²) in [4.78, 5) is 25.6. The number of hydrogen-bond acceptors (Lipinski definition) is 4. The Morgan fingerprint density at radius 3 is 2.48 bits per heavy atom. The summed E-state index contributed by atoms with van der Waals surface area (Å²) in [6, 6.07) is 20.7. The predicted octanol–water partition coefficient (Wildman–Crippen LogP) is 4.66. The molecular weight excluding hydrogens is 340 g/mol. The van der Waals surface area contributed by atoms with Crippen molar-refractivity contribution >= 4 is 11.6 Å². The van der Waals surface area contributed by atoms with Gasteiger partial charge in [0.05, 0.1) is 0 Å². The lowest BCUT2D eigenvalue weighted by molar-refractivity contribution is 0.0735. The molecule has 5 heteroatoms. The lowest BCUT2D eigenvalue weighted by Crippen LogP contribution is -2.35. The summed E-state index contributed by atoms with van der Waals surface area (Å²) < 4.78 is 0. The first kappa shape index (κ1) is 17.0. The number of aromatic hydroxyl groups is 1.